The van der Waals surface area contributed by atoms with Gasteiger partial charge in [-0.15, -0.1) is 0 Å². The van der Waals surface area contributed by atoms with Crippen LogP contribution < -0.4 is 5.32 Å². The summed E-state index contributed by atoms with van der Waals surface area (Å²) in [5, 5.41) is 3.07. The molecule has 0 fully saturated rings. The van der Waals surface area contributed by atoms with Crippen molar-refractivity contribution in [3.63, 3.8) is 0 Å². The van der Waals surface area contributed by atoms with Crippen molar-refractivity contribution in [1.29, 1.82) is 0 Å². The third-order valence-electron chi connectivity index (χ3n) is 1.11. The van der Waals surface area contributed by atoms with Crippen molar-refractivity contribution in [3.05, 3.63) is 0 Å². The highest BCUT2D eigenvalue weighted by Crippen LogP contribution is 1.79. The van der Waals surface area contributed by atoms with E-state index in [1.54, 1.807) is 13.8 Å². The molecule has 0 saturated carbocycles. The third-order valence-corrected chi connectivity index (χ3v) is 1.11. The first-order chi connectivity index (χ1) is 5.68. The number of rotatable bonds is 5. The van der Waals surface area contributed by atoms with Crippen LogP contribution in [0.1, 0.15) is 33.6 Å². The van der Waals surface area contributed by atoms with Crippen LogP contribution in [0.4, 0.5) is 0 Å². The highest BCUT2D eigenvalue weighted by molar-refractivity contribution is 5.37. The highest BCUT2D eigenvalue weighted by atomic mass is 16.5. The fourth-order valence-corrected chi connectivity index (χ4v) is 0.465. The van der Waals surface area contributed by atoms with Gasteiger partial charge in [-0.25, -0.2) is 0 Å². The number of hydrogen-bond acceptors (Lipinski definition) is 3. The lowest BCUT2D eigenvalue weighted by atomic mass is 10.3. The van der Waals surface area contributed by atoms with Gasteiger partial charge in [0.15, 0.2) is 0 Å². The third kappa shape index (κ3) is 22.7. The maximum atomic E-state index is 9.39. The molecule has 0 aliphatic rings. The van der Waals surface area contributed by atoms with Crippen molar-refractivity contribution in [3.8, 4) is 0 Å². The smallest absolute Gasteiger partial charge is 0.293 e. The van der Waals surface area contributed by atoms with Gasteiger partial charge in [0, 0.05) is 0 Å². The summed E-state index contributed by atoms with van der Waals surface area (Å²) in [5.41, 5.74) is 0. The van der Waals surface area contributed by atoms with Crippen LogP contribution in [0.2, 0.25) is 0 Å². The molecule has 3 heteroatoms. The summed E-state index contributed by atoms with van der Waals surface area (Å²) in [6.45, 7) is 7.40. The Morgan fingerprint density at radius 2 is 2.08 bits per heavy atom. The molecule has 1 N–H and O–H groups in total. The number of unbranched alkanes of at least 4 members (excludes halogenated alkanes) is 1. The standard InChI is InChI=1S/C5H13N.C4H8O2/c1-3-4-5-6-2;1-4(2)6-3-5/h6H,3-5H2,1-2H3;3-4H,1-2H3. The van der Waals surface area contributed by atoms with Gasteiger partial charge in [0.2, 0.25) is 0 Å². The van der Waals surface area contributed by atoms with Crippen LogP contribution in [0.3, 0.4) is 0 Å². The van der Waals surface area contributed by atoms with Crippen LogP contribution in [0.15, 0.2) is 0 Å². The number of hydrogen-bond donors (Lipinski definition) is 1. The van der Waals surface area contributed by atoms with E-state index in [4.69, 9.17) is 0 Å². The largest absolute Gasteiger partial charge is 0.465 e. The van der Waals surface area contributed by atoms with E-state index < -0.39 is 0 Å². The van der Waals surface area contributed by atoms with Crippen LogP contribution in [0, 0.1) is 0 Å². The second-order valence-electron chi connectivity index (χ2n) is 2.74. The summed E-state index contributed by atoms with van der Waals surface area (Å²) in [5.74, 6) is 0. The van der Waals surface area contributed by atoms with Crippen molar-refractivity contribution in [2.45, 2.75) is 39.7 Å². The van der Waals surface area contributed by atoms with Crippen molar-refractivity contribution >= 4 is 6.47 Å². The van der Waals surface area contributed by atoms with Crippen LogP contribution in [-0.2, 0) is 9.53 Å². The van der Waals surface area contributed by atoms with E-state index in [2.05, 4.69) is 17.0 Å². The van der Waals surface area contributed by atoms with Crippen LogP contribution in [0.5, 0.6) is 0 Å². The minimum absolute atomic E-state index is 0.0301. The summed E-state index contributed by atoms with van der Waals surface area (Å²) in [6.07, 6.45) is 2.62. The second kappa shape index (κ2) is 13.1. The van der Waals surface area contributed by atoms with Crippen molar-refractivity contribution in [2.75, 3.05) is 13.6 Å². The van der Waals surface area contributed by atoms with Gasteiger partial charge in [-0.1, -0.05) is 13.3 Å². The molecule has 0 unspecified atom stereocenters. The molecule has 0 heterocycles. The zero-order valence-corrected chi connectivity index (χ0v) is 8.59. The quantitative estimate of drug-likeness (QED) is 0.509. The lowest BCUT2D eigenvalue weighted by Crippen LogP contribution is -2.06. The van der Waals surface area contributed by atoms with Crippen LogP contribution in [-0.4, -0.2) is 26.2 Å². The van der Waals surface area contributed by atoms with Gasteiger partial charge in [-0.2, -0.15) is 0 Å². The Morgan fingerprint density at radius 3 is 2.17 bits per heavy atom. The fraction of sp³-hybridized carbons (Fsp3) is 0.889. The lowest BCUT2D eigenvalue weighted by molar-refractivity contribution is -0.131. The van der Waals surface area contributed by atoms with E-state index in [9.17, 15) is 4.79 Å². The molecule has 0 amide bonds. The second-order valence-corrected chi connectivity index (χ2v) is 2.74. The van der Waals surface area contributed by atoms with Gasteiger partial charge in [-0.3, -0.25) is 4.79 Å². The molecule has 0 radical (unpaired) electrons. The molecule has 0 spiro atoms. The Balaban J connectivity index is 0. The first-order valence-corrected chi connectivity index (χ1v) is 4.42. The van der Waals surface area contributed by atoms with E-state index in [-0.39, 0.29) is 6.10 Å². The van der Waals surface area contributed by atoms with Gasteiger partial charge in [-0.05, 0) is 33.9 Å². The summed E-state index contributed by atoms with van der Waals surface area (Å²) in [7, 11) is 1.98. The van der Waals surface area contributed by atoms with E-state index in [0.29, 0.717) is 6.47 Å². The van der Waals surface area contributed by atoms with Gasteiger partial charge in [0.05, 0.1) is 6.10 Å². The molecule has 0 saturated heterocycles. The monoisotopic (exact) mass is 175 g/mol. The average molecular weight is 175 g/mol. The maximum Gasteiger partial charge on any atom is 0.293 e. The zero-order chi connectivity index (χ0) is 9.82. The molecule has 0 aliphatic heterocycles. The number of carbonyl (C=O) groups is 1. The molecule has 74 valence electrons. The van der Waals surface area contributed by atoms with Crippen molar-refractivity contribution < 1.29 is 9.53 Å². The molecule has 0 bridgehead atoms. The molecular weight excluding hydrogens is 154 g/mol. The highest BCUT2D eigenvalue weighted by Gasteiger charge is 1.83. The Morgan fingerprint density at radius 1 is 1.50 bits per heavy atom. The Hall–Kier alpha value is -0.570. The molecule has 0 rings (SSSR count). The predicted octanol–water partition coefficient (Wildman–Crippen LogP) is 1.57. The molecule has 0 aliphatic carbocycles. The molecule has 0 aromatic carbocycles. The van der Waals surface area contributed by atoms with Crippen LogP contribution >= 0.6 is 0 Å². The summed E-state index contributed by atoms with van der Waals surface area (Å²) < 4.78 is 4.36. The van der Waals surface area contributed by atoms with Crippen LogP contribution in [0.25, 0.3) is 0 Å². The first-order valence-electron chi connectivity index (χ1n) is 4.42. The van der Waals surface area contributed by atoms with Crippen molar-refractivity contribution in [2.24, 2.45) is 0 Å². The molecular formula is C9H21NO2. The minimum atomic E-state index is 0.0301. The SMILES string of the molecule is CC(C)OC=O.CCCCNC. The van der Waals surface area contributed by atoms with Gasteiger partial charge >= 0.3 is 0 Å². The molecule has 0 aromatic rings. The maximum absolute atomic E-state index is 9.39. The minimum Gasteiger partial charge on any atom is -0.465 e. The average Bonchev–Trinajstić information content (AvgIpc) is 2.02. The van der Waals surface area contributed by atoms with Gasteiger partial charge in [0.1, 0.15) is 0 Å². The number of carbonyl (C=O) groups excluding carboxylic acids is 1. The molecule has 12 heavy (non-hydrogen) atoms. The van der Waals surface area contributed by atoms with E-state index in [1.165, 1.54) is 12.8 Å². The normalized spacial score (nSPS) is 8.75. The molecule has 3 nitrogen and oxygen atoms in total. The molecule has 0 aromatic heterocycles. The summed E-state index contributed by atoms with van der Waals surface area (Å²) in [6, 6.07) is 0. The van der Waals surface area contributed by atoms with E-state index in [0.717, 1.165) is 6.54 Å². The Kier molecular flexibility index (Phi) is 15.2. The topological polar surface area (TPSA) is 38.3 Å². The summed E-state index contributed by atoms with van der Waals surface area (Å²) in [4.78, 5) is 9.39. The zero-order valence-electron chi connectivity index (χ0n) is 8.59. The first kappa shape index (κ1) is 14.0. The van der Waals surface area contributed by atoms with Crippen molar-refractivity contribution in [1.82, 2.24) is 5.32 Å². The Labute approximate surface area is 75.5 Å². The fourth-order valence-electron chi connectivity index (χ4n) is 0.465. The van der Waals surface area contributed by atoms with E-state index in [1.807, 2.05) is 7.05 Å². The summed E-state index contributed by atoms with van der Waals surface area (Å²) >= 11 is 0. The number of ether oxygens (including phenoxy) is 1. The number of nitrogens with one attached hydrogen (secondary N) is 1. The predicted molar refractivity (Wildman–Crippen MR) is 51.1 cm³/mol. The van der Waals surface area contributed by atoms with Gasteiger partial charge in [0.25, 0.3) is 6.47 Å². The van der Waals surface area contributed by atoms with E-state index >= 15 is 0 Å². The van der Waals surface area contributed by atoms with Gasteiger partial charge < -0.3 is 10.1 Å². The lowest BCUT2D eigenvalue weighted by Gasteiger charge is -1.96. The molecule has 0 atom stereocenters. The Bertz CT molecular complexity index is 80.6.